The van der Waals surface area contributed by atoms with E-state index in [2.05, 4.69) is 0 Å². The lowest BCUT2D eigenvalue weighted by molar-refractivity contribution is -0.0350. The first-order valence-corrected chi connectivity index (χ1v) is 5.18. The van der Waals surface area contributed by atoms with Gasteiger partial charge in [-0.15, -0.1) is 0 Å². The van der Waals surface area contributed by atoms with E-state index < -0.39 is 30.7 Å². The van der Waals surface area contributed by atoms with Crippen LogP contribution in [0.15, 0.2) is 23.1 Å². The Bertz CT molecular complexity index is 450. The molecule has 1 fully saturated rings. The molecule has 2 heterocycles. The fourth-order valence-corrected chi connectivity index (χ4v) is 1.82. The number of nitrogens with one attached hydrogen (secondary N) is 1. The third kappa shape index (κ3) is 2.31. The maximum Gasteiger partial charge on any atom is 0.254 e. The molecule has 1 saturated heterocycles. The van der Waals surface area contributed by atoms with Gasteiger partial charge in [0, 0.05) is 18.7 Å². The maximum absolute atomic E-state index is 13.3. The summed E-state index contributed by atoms with van der Waals surface area (Å²) in [6.45, 7) is -0.414. The third-order valence-electron chi connectivity index (χ3n) is 2.73. The van der Waals surface area contributed by atoms with Crippen LogP contribution in [0.2, 0.25) is 0 Å². The number of ether oxygens (including phenoxy) is 1. The third-order valence-corrected chi connectivity index (χ3v) is 2.73. The number of pyridine rings is 1. The van der Waals surface area contributed by atoms with Crippen LogP contribution >= 0.6 is 0 Å². The number of halogens is 1. The van der Waals surface area contributed by atoms with E-state index in [1.807, 2.05) is 5.48 Å². The number of hydrogen-bond donors (Lipinski definition) is 3. The second-order valence-corrected chi connectivity index (χ2v) is 3.84. The molecular formula is C10H13FN2O4. The van der Waals surface area contributed by atoms with Crippen LogP contribution in [-0.2, 0) is 4.74 Å². The summed E-state index contributed by atoms with van der Waals surface area (Å²) in [4.78, 5) is 11.6. The van der Waals surface area contributed by atoms with Crippen LogP contribution in [0.25, 0.3) is 0 Å². The Kier molecular flexibility index (Phi) is 3.41. The van der Waals surface area contributed by atoms with E-state index in [-0.39, 0.29) is 12.1 Å². The van der Waals surface area contributed by atoms with E-state index in [1.54, 1.807) is 0 Å². The number of aliphatic hydroxyl groups is 1. The molecule has 0 aliphatic carbocycles. The molecule has 1 aliphatic rings. The summed E-state index contributed by atoms with van der Waals surface area (Å²) in [6.07, 6.45) is -1.47. The molecule has 3 atom stereocenters. The van der Waals surface area contributed by atoms with Gasteiger partial charge in [0.2, 0.25) is 0 Å². The highest BCUT2D eigenvalue weighted by molar-refractivity contribution is 5.38. The number of alkyl halides is 1. The summed E-state index contributed by atoms with van der Waals surface area (Å²) in [5.41, 5.74) is 1.68. The molecule has 6 nitrogen and oxygen atoms in total. The Labute approximate surface area is 96.2 Å². The number of rotatable bonds is 3. The number of anilines is 1. The van der Waals surface area contributed by atoms with Gasteiger partial charge in [0.1, 0.15) is 18.5 Å². The minimum Gasteiger partial charge on any atom is -0.394 e. The highest BCUT2D eigenvalue weighted by Crippen LogP contribution is 2.29. The molecule has 0 amide bonds. The lowest BCUT2D eigenvalue weighted by Gasteiger charge is -2.14. The molecule has 1 aromatic rings. The molecule has 0 unspecified atom stereocenters. The summed E-state index contributed by atoms with van der Waals surface area (Å²) in [6, 6.07) is 2.63. The van der Waals surface area contributed by atoms with Gasteiger partial charge in [-0.05, 0) is 6.07 Å². The summed E-state index contributed by atoms with van der Waals surface area (Å²) >= 11 is 0. The topological polar surface area (TPSA) is 83.7 Å². The lowest BCUT2D eigenvalue weighted by atomic mass is 10.2. The van der Waals surface area contributed by atoms with Gasteiger partial charge in [0.05, 0.1) is 12.3 Å². The van der Waals surface area contributed by atoms with E-state index in [0.717, 1.165) is 0 Å². The maximum atomic E-state index is 13.3. The van der Waals surface area contributed by atoms with Crippen LogP contribution in [-0.4, -0.2) is 33.8 Å². The summed E-state index contributed by atoms with van der Waals surface area (Å²) in [5.74, 6) is 0. The first kappa shape index (κ1) is 12.0. The van der Waals surface area contributed by atoms with Crippen molar-refractivity contribution >= 4 is 5.69 Å². The van der Waals surface area contributed by atoms with Gasteiger partial charge in [0.25, 0.3) is 5.56 Å². The Morgan fingerprint density at radius 1 is 1.65 bits per heavy atom. The van der Waals surface area contributed by atoms with Crippen LogP contribution in [0.4, 0.5) is 10.1 Å². The zero-order valence-electron chi connectivity index (χ0n) is 8.91. The monoisotopic (exact) mass is 244 g/mol. The summed E-state index contributed by atoms with van der Waals surface area (Å²) < 4.78 is 19.8. The molecule has 0 spiro atoms. The molecular weight excluding hydrogens is 231 g/mol. The predicted octanol–water partition coefficient (Wildman–Crippen LogP) is 0.267. The largest absolute Gasteiger partial charge is 0.394 e. The average Bonchev–Trinajstić information content (AvgIpc) is 2.70. The molecule has 2 rings (SSSR count). The van der Waals surface area contributed by atoms with Crippen molar-refractivity contribution < 1.29 is 19.4 Å². The van der Waals surface area contributed by atoms with Crippen LogP contribution in [0, 0.1) is 0 Å². The minimum atomic E-state index is -1.28. The molecule has 7 heteroatoms. The smallest absolute Gasteiger partial charge is 0.254 e. The summed E-state index contributed by atoms with van der Waals surface area (Å²) in [7, 11) is 0. The molecule has 3 N–H and O–H groups in total. The van der Waals surface area contributed by atoms with Crippen molar-refractivity contribution in [1.29, 1.82) is 0 Å². The number of nitrogens with zero attached hydrogens (tertiary/aromatic N) is 1. The van der Waals surface area contributed by atoms with E-state index in [4.69, 9.17) is 15.1 Å². The van der Waals surface area contributed by atoms with Crippen molar-refractivity contribution in [3.05, 3.63) is 28.7 Å². The van der Waals surface area contributed by atoms with Crippen molar-refractivity contribution in [2.75, 3.05) is 12.1 Å². The first-order valence-electron chi connectivity index (χ1n) is 5.18. The van der Waals surface area contributed by atoms with Crippen LogP contribution < -0.4 is 11.0 Å². The second kappa shape index (κ2) is 4.82. The zero-order valence-corrected chi connectivity index (χ0v) is 8.91. The van der Waals surface area contributed by atoms with Crippen molar-refractivity contribution in [2.24, 2.45) is 0 Å². The van der Waals surface area contributed by atoms with Crippen LogP contribution in [0.5, 0.6) is 0 Å². The number of hydrogen-bond acceptors (Lipinski definition) is 5. The fourth-order valence-electron chi connectivity index (χ4n) is 1.82. The second-order valence-electron chi connectivity index (χ2n) is 3.84. The van der Waals surface area contributed by atoms with E-state index in [9.17, 15) is 9.18 Å². The Hall–Kier alpha value is -1.44. The highest BCUT2D eigenvalue weighted by Gasteiger charge is 2.36. The van der Waals surface area contributed by atoms with Crippen molar-refractivity contribution in [1.82, 2.24) is 4.57 Å². The van der Waals surface area contributed by atoms with Crippen LogP contribution in [0.3, 0.4) is 0 Å². The molecule has 0 aromatic carbocycles. The van der Waals surface area contributed by atoms with Gasteiger partial charge < -0.3 is 9.84 Å². The molecule has 94 valence electrons. The molecule has 0 saturated carbocycles. The van der Waals surface area contributed by atoms with Gasteiger partial charge in [-0.3, -0.25) is 20.0 Å². The molecule has 0 bridgehead atoms. The molecule has 0 radical (unpaired) electrons. The molecule has 1 aliphatic heterocycles. The SMILES string of the molecule is O=c1cc(NO)ccn1[C@@H]1C[C@@H](F)[C@H](CO)O1. The number of aliphatic hydroxyl groups excluding tert-OH is 1. The molecule has 1 aromatic heterocycles. The standard InChI is InChI=1S/C10H13FN2O4/c11-7-4-10(17-8(7)5-14)13-2-1-6(12-16)3-9(13)15/h1-3,7-8,10,12,14,16H,4-5H2/t7-,8+,10+/m1/s1. The Morgan fingerprint density at radius 2 is 2.41 bits per heavy atom. The Morgan fingerprint density at radius 3 is 2.94 bits per heavy atom. The Balaban J connectivity index is 2.22. The zero-order chi connectivity index (χ0) is 12.4. The predicted molar refractivity (Wildman–Crippen MR) is 56.6 cm³/mol. The quantitative estimate of drug-likeness (QED) is 0.664. The fraction of sp³-hybridized carbons (Fsp3) is 0.500. The minimum absolute atomic E-state index is 0.0248. The van der Waals surface area contributed by atoms with Gasteiger partial charge in [-0.25, -0.2) is 4.39 Å². The van der Waals surface area contributed by atoms with E-state index in [0.29, 0.717) is 0 Å². The van der Waals surface area contributed by atoms with Crippen molar-refractivity contribution in [3.8, 4) is 0 Å². The van der Waals surface area contributed by atoms with Gasteiger partial charge in [-0.1, -0.05) is 0 Å². The van der Waals surface area contributed by atoms with Gasteiger partial charge >= 0.3 is 0 Å². The lowest BCUT2D eigenvalue weighted by Crippen LogP contribution is -2.25. The van der Waals surface area contributed by atoms with E-state index >= 15 is 0 Å². The van der Waals surface area contributed by atoms with Gasteiger partial charge in [0.15, 0.2) is 0 Å². The average molecular weight is 244 g/mol. The summed E-state index contributed by atoms with van der Waals surface area (Å²) in [5, 5.41) is 17.5. The van der Waals surface area contributed by atoms with Gasteiger partial charge in [-0.2, -0.15) is 0 Å². The van der Waals surface area contributed by atoms with E-state index in [1.165, 1.54) is 22.9 Å². The highest BCUT2D eigenvalue weighted by atomic mass is 19.1. The normalized spacial score (nSPS) is 28.3. The van der Waals surface area contributed by atoms with Crippen molar-refractivity contribution in [2.45, 2.75) is 24.9 Å². The number of aromatic nitrogens is 1. The molecule has 17 heavy (non-hydrogen) atoms. The van der Waals surface area contributed by atoms with Crippen LogP contribution in [0.1, 0.15) is 12.6 Å². The van der Waals surface area contributed by atoms with Crippen molar-refractivity contribution in [3.63, 3.8) is 0 Å². The first-order chi connectivity index (χ1) is 8.15.